The summed E-state index contributed by atoms with van der Waals surface area (Å²) in [4.78, 5) is 12.9. The van der Waals surface area contributed by atoms with Crippen LogP contribution < -0.4 is 0 Å². The zero-order chi connectivity index (χ0) is 25.8. The second-order valence-corrected chi connectivity index (χ2v) is 19.5. The van der Waals surface area contributed by atoms with Crippen LogP contribution >= 0.6 is 0 Å². The molecular formula is C28H52O4Si2. The molecule has 0 saturated carbocycles. The highest BCUT2D eigenvalue weighted by Crippen LogP contribution is 2.32. The molecule has 1 aromatic rings. The third-order valence-corrected chi connectivity index (χ3v) is 17.3. The van der Waals surface area contributed by atoms with Gasteiger partial charge in [0.05, 0.1) is 12.7 Å². The van der Waals surface area contributed by atoms with E-state index in [1.165, 1.54) is 0 Å². The SMILES string of the molecule is CC[Si](CC)(CC)O[C@@H]([C@H](C)C[C@@H](C)O[Si](CC)(CC)CC)[C@@H](OCc1ccccc1)C(C)=O. The Morgan fingerprint density at radius 2 is 1.26 bits per heavy atom. The fourth-order valence-corrected chi connectivity index (χ4v) is 11.0. The first-order valence-electron chi connectivity index (χ1n) is 13.7. The van der Waals surface area contributed by atoms with Crippen LogP contribution in [-0.4, -0.2) is 40.7 Å². The number of hydrogen-bond acceptors (Lipinski definition) is 4. The maximum atomic E-state index is 12.9. The normalized spacial score (nSPS) is 16.1. The molecule has 196 valence electrons. The Labute approximate surface area is 212 Å². The fraction of sp³-hybridized carbons (Fsp3) is 0.750. The van der Waals surface area contributed by atoms with E-state index in [1.54, 1.807) is 6.92 Å². The van der Waals surface area contributed by atoms with Crippen LogP contribution in [0.3, 0.4) is 0 Å². The van der Waals surface area contributed by atoms with E-state index in [0.717, 1.165) is 48.2 Å². The van der Waals surface area contributed by atoms with Crippen molar-refractivity contribution < 1.29 is 18.4 Å². The molecule has 0 N–H and O–H groups in total. The van der Waals surface area contributed by atoms with E-state index in [2.05, 4.69) is 55.4 Å². The molecule has 0 bridgehead atoms. The van der Waals surface area contributed by atoms with Crippen molar-refractivity contribution in [3.8, 4) is 0 Å². The Balaban J connectivity index is 3.16. The molecule has 0 unspecified atom stereocenters. The quantitative estimate of drug-likeness (QED) is 0.188. The number of benzene rings is 1. The van der Waals surface area contributed by atoms with Crippen LogP contribution in [0.1, 0.15) is 74.3 Å². The van der Waals surface area contributed by atoms with E-state index in [0.29, 0.717) is 6.61 Å². The Bertz CT molecular complexity index is 672. The Morgan fingerprint density at radius 1 is 0.794 bits per heavy atom. The van der Waals surface area contributed by atoms with Crippen LogP contribution in [0.2, 0.25) is 36.3 Å². The van der Waals surface area contributed by atoms with Gasteiger partial charge in [0, 0.05) is 6.10 Å². The summed E-state index contributed by atoms with van der Waals surface area (Å²) in [5.41, 5.74) is 1.08. The van der Waals surface area contributed by atoms with Gasteiger partial charge in [-0.1, -0.05) is 78.8 Å². The number of rotatable bonds is 18. The van der Waals surface area contributed by atoms with Gasteiger partial charge in [-0.2, -0.15) is 0 Å². The lowest BCUT2D eigenvalue weighted by Gasteiger charge is -2.40. The molecule has 0 aromatic heterocycles. The van der Waals surface area contributed by atoms with Crippen molar-refractivity contribution >= 4 is 22.4 Å². The average Bonchev–Trinajstić information content (AvgIpc) is 2.85. The summed E-state index contributed by atoms with van der Waals surface area (Å²) in [6.07, 6.45) is 0.207. The number of carbonyl (C=O) groups excluding carboxylic acids is 1. The second-order valence-electron chi connectivity index (χ2n) is 10.0. The van der Waals surface area contributed by atoms with Gasteiger partial charge < -0.3 is 13.6 Å². The van der Waals surface area contributed by atoms with Crippen LogP contribution in [-0.2, 0) is 25.0 Å². The van der Waals surface area contributed by atoms with E-state index in [4.69, 9.17) is 13.6 Å². The molecular weight excluding hydrogens is 456 g/mol. The minimum absolute atomic E-state index is 0.0481. The van der Waals surface area contributed by atoms with Crippen molar-refractivity contribution in [1.82, 2.24) is 0 Å². The first kappa shape index (κ1) is 31.2. The molecule has 0 aliphatic rings. The van der Waals surface area contributed by atoms with Crippen LogP contribution in [0.25, 0.3) is 0 Å². The van der Waals surface area contributed by atoms with E-state index in [1.807, 2.05) is 30.3 Å². The first-order chi connectivity index (χ1) is 16.1. The molecule has 0 heterocycles. The smallest absolute Gasteiger partial charge is 0.192 e. The summed E-state index contributed by atoms with van der Waals surface area (Å²) in [5.74, 6) is 0.209. The van der Waals surface area contributed by atoms with Crippen LogP contribution in [0.5, 0.6) is 0 Å². The molecule has 0 amide bonds. The maximum absolute atomic E-state index is 12.9. The molecule has 6 heteroatoms. The maximum Gasteiger partial charge on any atom is 0.192 e. The Hall–Kier alpha value is -0.796. The molecule has 34 heavy (non-hydrogen) atoms. The average molecular weight is 509 g/mol. The molecule has 4 atom stereocenters. The van der Waals surface area contributed by atoms with E-state index >= 15 is 0 Å². The Morgan fingerprint density at radius 3 is 1.71 bits per heavy atom. The minimum Gasteiger partial charge on any atom is -0.414 e. The molecule has 0 spiro atoms. The molecule has 0 fully saturated rings. The van der Waals surface area contributed by atoms with Gasteiger partial charge in [0.25, 0.3) is 0 Å². The van der Waals surface area contributed by atoms with Gasteiger partial charge in [-0.3, -0.25) is 4.79 Å². The van der Waals surface area contributed by atoms with Crippen molar-refractivity contribution in [3.05, 3.63) is 35.9 Å². The van der Waals surface area contributed by atoms with Crippen LogP contribution in [0.15, 0.2) is 30.3 Å². The van der Waals surface area contributed by atoms with E-state index in [9.17, 15) is 4.79 Å². The molecule has 1 aromatic carbocycles. The van der Waals surface area contributed by atoms with Gasteiger partial charge in [-0.25, -0.2) is 0 Å². The van der Waals surface area contributed by atoms with E-state index in [-0.39, 0.29) is 23.9 Å². The molecule has 0 aliphatic heterocycles. The van der Waals surface area contributed by atoms with Gasteiger partial charge >= 0.3 is 0 Å². The van der Waals surface area contributed by atoms with Crippen molar-refractivity contribution in [3.63, 3.8) is 0 Å². The Kier molecular flexibility index (Phi) is 14.1. The lowest BCUT2D eigenvalue weighted by molar-refractivity contribution is -0.140. The van der Waals surface area contributed by atoms with Crippen molar-refractivity contribution in [2.45, 2.75) is 130 Å². The standard InChI is InChI=1S/C28H52O4Si2/c1-10-33(11-2,12-3)31-24(8)21-23(7)27(32-34(13-4,14-5)15-6)28(25(9)29)30-22-26-19-17-16-18-20-26/h16-20,23-24,27-28H,10-15,21-22H2,1-9H3/t23-,24-,27+,28+/m1/s1. The van der Waals surface area contributed by atoms with Gasteiger partial charge in [-0.05, 0) is 68.0 Å². The second kappa shape index (κ2) is 15.3. The third kappa shape index (κ3) is 9.01. The summed E-state index contributed by atoms with van der Waals surface area (Å²) in [6, 6.07) is 16.7. The topological polar surface area (TPSA) is 44.8 Å². The number of hydrogen-bond donors (Lipinski definition) is 0. The summed E-state index contributed by atoms with van der Waals surface area (Å²) < 4.78 is 20.1. The summed E-state index contributed by atoms with van der Waals surface area (Å²) in [6.45, 7) is 20.0. The predicted octanol–water partition coefficient (Wildman–Crippen LogP) is 7.99. The highest BCUT2D eigenvalue weighted by atomic mass is 28.4. The van der Waals surface area contributed by atoms with Gasteiger partial charge in [0.1, 0.15) is 6.10 Å². The number of ketones is 1. The lowest BCUT2D eigenvalue weighted by Crippen LogP contribution is -2.50. The highest BCUT2D eigenvalue weighted by molar-refractivity contribution is 6.74. The first-order valence-corrected chi connectivity index (χ1v) is 18.7. The minimum atomic E-state index is -1.94. The third-order valence-electron chi connectivity index (χ3n) is 7.94. The zero-order valence-corrected chi connectivity index (χ0v) is 25.5. The van der Waals surface area contributed by atoms with Gasteiger partial charge in [0.15, 0.2) is 22.4 Å². The van der Waals surface area contributed by atoms with Crippen LogP contribution in [0.4, 0.5) is 0 Å². The van der Waals surface area contributed by atoms with Crippen LogP contribution in [0, 0.1) is 5.92 Å². The van der Waals surface area contributed by atoms with Crippen molar-refractivity contribution in [1.29, 1.82) is 0 Å². The lowest BCUT2D eigenvalue weighted by atomic mass is 9.92. The van der Waals surface area contributed by atoms with Crippen molar-refractivity contribution in [2.24, 2.45) is 5.92 Å². The molecule has 4 nitrogen and oxygen atoms in total. The largest absolute Gasteiger partial charge is 0.414 e. The predicted molar refractivity (Wildman–Crippen MR) is 149 cm³/mol. The number of Topliss-reactive ketones (excluding diaryl/α,β-unsaturated/α-hetero) is 1. The molecule has 0 radical (unpaired) electrons. The zero-order valence-electron chi connectivity index (χ0n) is 23.5. The van der Waals surface area contributed by atoms with Gasteiger partial charge in [0.2, 0.25) is 0 Å². The molecule has 1 rings (SSSR count). The summed E-state index contributed by atoms with van der Waals surface area (Å²) >= 11 is 0. The summed E-state index contributed by atoms with van der Waals surface area (Å²) in [5, 5.41) is 0. The number of carbonyl (C=O) groups is 1. The molecule has 0 saturated heterocycles. The highest BCUT2D eigenvalue weighted by Gasteiger charge is 2.41. The number of ether oxygens (including phenoxy) is 1. The fourth-order valence-electron chi connectivity index (χ4n) is 5.10. The van der Waals surface area contributed by atoms with Gasteiger partial charge in [-0.15, -0.1) is 0 Å². The van der Waals surface area contributed by atoms with E-state index < -0.39 is 22.7 Å². The molecule has 0 aliphatic carbocycles. The monoisotopic (exact) mass is 508 g/mol. The summed E-state index contributed by atoms with van der Waals surface area (Å²) in [7, 11) is -3.63. The van der Waals surface area contributed by atoms with Crippen molar-refractivity contribution in [2.75, 3.05) is 0 Å².